The normalized spacial score (nSPS) is 15.1. The fourth-order valence-corrected chi connectivity index (χ4v) is 2.62. The van der Waals surface area contributed by atoms with Crippen LogP contribution >= 0.6 is 21.6 Å². The van der Waals surface area contributed by atoms with Crippen molar-refractivity contribution in [3.8, 4) is 0 Å². The third kappa shape index (κ3) is 9.63. The van der Waals surface area contributed by atoms with Crippen molar-refractivity contribution in [2.45, 2.75) is 25.2 Å². The molecular formula is C8H6F8S2. The summed E-state index contributed by atoms with van der Waals surface area (Å²) in [6.07, 6.45) is -13.3. The first-order valence-corrected chi connectivity index (χ1v) is 6.29. The topological polar surface area (TPSA) is 0 Å². The molecule has 0 aromatic rings. The molecule has 0 aliphatic heterocycles. The Bertz CT molecular complexity index is 282. The van der Waals surface area contributed by atoms with Gasteiger partial charge in [-0.2, -0.15) is 26.3 Å². The molecule has 0 unspecified atom stereocenters. The quantitative estimate of drug-likeness (QED) is 0.457. The second-order valence-corrected chi connectivity index (χ2v) is 5.28. The van der Waals surface area contributed by atoms with Gasteiger partial charge in [0.1, 0.15) is 0 Å². The zero-order valence-electron chi connectivity index (χ0n) is 8.41. The van der Waals surface area contributed by atoms with Crippen LogP contribution in [-0.4, -0.2) is 12.4 Å². The summed E-state index contributed by atoms with van der Waals surface area (Å²) >= 11 is 0. The van der Waals surface area contributed by atoms with Gasteiger partial charge in [-0.25, -0.2) is 8.78 Å². The SMILES string of the molecule is FC=C(CC(F)(F)F)SSC(=CF)CC(F)(F)F. The molecule has 0 aliphatic carbocycles. The Morgan fingerprint density at radius 2 is 1.00 bits per heavy atom. The molecule has 0 saturated heterocycles. The molecule has 0 atom stereocenters. The minimum atomic E-state index is -4.69. The van der Waals surface area contributed by atoms with Gasteiger partial charge in [-0.1, -0.05) is 21.6 Å². The summed E-state index contributed by atoms with van der Waals surface area (Å²) in [5.74, 6) is 0. The number of hydrogen-bond donors (Lipinski definition) is 0. The summed E-state index contributed by atoms with van der Waals surface area (Å²) in [4.78, 5) is -1.68. The van der Waals surface area contributed by atoms with Gasteiger partial charge in [0, 0.05) is 9.81 Å². The third-order valence-corrected chi connectivity index (χ3v) is 3.76. The van der Waals surface area contributed by atoms with E-state index in [4.69, 9.17) is 0 Å². The molecule has 0 rings (SSSR count). The molecule has 0 aliphatic rings. The second kappa shape index (κ2) is 7.27. The molecule has 0 amide bonds. The van der Waals surface area contributed by atoms with E-state index in [2.05, 4.69) is 0 Å². The molecule has 0 bridgehead atoms. The Labute approximate surface area is 105 Å². The van der Waals surface area contributed by atoms with Crippen molar-refractivity contribution in [3.05, 3.63) is 22.5 Å². The number of rotatable bonds is 5. The van der Waals surface area contributed by atoms with Crippen LogP contribution in [0.25, 0.3) is 0 Å². The smallest absolute Gasteiger partial charge is 0.215 e. The Morgan fingerprint density at radius 1 is 0.722 bits per heavy atom. The van der Waals surface area contributed by atoms with Crippen LogP contribution in [0.15, 0.2) is 22.5 Å². The van der Waals surface area contributed by atoms with Crippen molar-refractivity contribution >= 4 is 21.6 Å². The first-order chi connectivity index (χ1) is 8.07. The summed E-state index contributed by atoms with van der Waals surface area (Å²) < 4.78 is 95.3. The van der Waals surface area contributed by atoms with Crippen LogP contribution in [0.5, 0.6) is 0 Å². The Balaban J connectivity index is 4.37. The molecule has 0 N–H and O–H groups in total. The van der Waals surface area contributed by atoms with Gasteiger partial charge >= 0.3 is 12.4 Å². The highest BCUT2D eigenvalue weighted by Crippen LogP contribution is 2.44. The van der Waals surface area contributed by atoms with Crippen LogP contribution in [0, 0.1) is 0 Å². The lowest BCUT2D eigenvalue weighted by Gasteiger charge is -2.10. The summed E-state index contributed by atoms with van der Waals surface area (Å²) in [5, 5.41) is 0. The predicted octanol–water partition coefficient (Wildman–Crippen LogP) is 5.89. The van der Waals surface area contributed by atoms with E-state index >= 15 is 0 Å². The van der Waals surface area contributed by atoms with Gasteiger partial charge in [0.25, 0.3) is 0 Å². The highest BCUT2D eigenvalue weighted by atomic mass is 33.1. The number of halogens is 8. The van der Waals surface area contributed by atoms with Crippen LogP contribution in [0.3, 0.4) is 0 Å². The molecular weight excluding hydrogens is 312 g/mol. The average Bonchev–Trinajstić information content (AvgIpc) is 2.18. The van der Waals surface area contributed by atoms with Crippen LogP contribution in [-0.2, 0) is 0 Å². The molecule has 0 heterocycles. The molecule has 0 saturated carbocycles. The van der Waals surface area contributed by atoms with Crippen molar-refractivity contribution in [2.24, 2.45) is 0 Å². The van der Waals surface area contributed by atoms with E-state index < -0.39 is 35.0 Å². The summed E-state index contributed by atoms with van der Waals surface area (Å²) in [6, 6.07) is 0. The third-order valence-electron chi connectivity index (χ3n) is 1.25. The molecule has 106 valence electrons. The molecule has 0 radical (unpaired) electrons. The van der Waals surface area contributed by atoms with Crippen molar-refractivity contribution in [1.29, 1.82) is 0 Å². The molecule has 18 heavy (non-hydrogen) atoms. The molecule has 0 nitrogen and oxygen atoms in total. The number of alkyl halides is 6. The van der Waals surface area contributed by atoms with Crippen LogP contribution in [0.1, 0.15) is 12.8 Å². The first kappa shape index (κ1) is 17.6. The Morgan fingerprint density at radius 3 is 1.17 bits per heavy atom. The van der Waals surface area contributed by atoms with Crippen molar-refractivity contribution < 1.29 is 35.1 Å². The van der Waals surface area contributed by atoms with E-state index in [1.54, 1.807) is 0 Å². The largest absolute Gasteiger partial charge is 0.393 e. The molecule has 0 spiro atoms. The van der Waals surface area contributed by atoms with Crippen LogP contribution in [0.4, 0.5) is 35.1 Å². The van der Waals surface area contributed by atoms with Crippen molar-refractivity contribution in [3.63, 3.8) is 0 Å². The maximum atomic E-state index is 12.0. The monoisotopic (exact) mass is 318 g/mol. The van der Waals surface area contributed by atoms with E-state index in [1.165, 1.54) is 0 Å². The van der Waals surface area contributed by atoms with Gasteiger partial charge in [0.15, 0.2) is 0 Å². The number of allylic oxidation sites excluding steroid dienone is 2. The lowest BCUT2D eigenvalue weighted by atomic mass is 10.4. The second-order valence-electron chi connectivity index (χ2n) is 2.90. The highest BCUT2D eigenvalue weighted by Gasteiger charge is 2.31. The van der Waals surface area contributed by atoms with E-state index in [0.717, 1.165) is 0 Å². The lowest BCUT2D eigenvalue weighted by Crippen LogP contribution is -2.07. The Kier molecular flexibility index (Phi) is 7.11. The standard InChI is InChI=1S/C8H6F8S2/c9-3-5(1-7(11,12)13)17-18-6(4-10)2-8(14,15)16/h3-4H,1-2H2. The molecule has 0 aromatic heterocycles. The van der Waals surface area contributed by atoms with Crippen molar-refractivity contribution in [1.82, 2.24) is 0 Å². The summed E-state index contributed by atoms with van der Waals surface area (Å²) in [6.45, 7) is 0. The predicted molar refractivity (Wildman–Crippen MR) is 54.9 cm³/mol. The minimum absolute atomic E-state index is 0.0963. The zero-order chi connectivity index (χ0) is 14.4. The van der Waals surface area contributed by atoms with E-state index in [-0.39, 0.29) is 34.2 Å². The van der Waals surface area contributed by atoms with E-state index in [0.29, 0.717) is 0 Å². The number of hydrogen-bond acceptors (Lipinski definition) is 2. The maximum Gasteiger partial charge on any atom is 0.393 e. The van der Waals surface area contributed by atoms with Crippen molar-refractivity contribution in [2.75, 3.05) is 0 Å². The Hall–Kier alpha value is -0.380. The van der Waals surface area contributed by atoms with Gasteiger partial charge in [0.2, 0.25) is 0 Å². The van der Waals surface area contributed by atoms with Gasteiger partial charge in [0.05, 0.1) is 25.5 Å². The minimum Gasteiger partial charge on any atom is -0.215 e. The highest BCUT2D eigenvalue weighted by molar-refractivity contribution is 8.79. The van der Waals surface area contributed by atoms with Crippen LogP contribution < -0.4 is 0 Å². The van der Waals surface area contributed by atoms with Gasteiger partial charge in [-0.3, -0.25) is 0 Å². The summed E-state index contributed by atoms with van der Waals surface area (Å²) in [7, 11) is 0.193. The van der Waals surface area contributed by atoms with E-state index in [1.807, 2.05) is 0 Å². The molecule has 0 fully saturated rings. The van der Waals surface area contributed by atoms with Gasteiger partial charge < -0.3 is 0 Å². The fraction of sp³-hybridized carbons (Fsp3) is 0.500. The van der Waals surface area contributed by atoms with Gasteiger partial charge in [-0.15, -0.1) is 0 Å². The molecule has 10 heteroatoms. The first-order valence-electron chi connectivity index (χ1n) is 4.14. The summed E-state index contributed by atoms with van der Waals surface area (Å²) in [5.41, 5.74) is 0. The van der Waals surface area contributed by atoms with Gasteiger partial charge in [-0.05, 0) is 0 Å². The zero-order valence-corrected chi connectivity index (χ0v) is 10.0. The van der Waals surface area contributed by atoms with E-state index in [9.17, 15) is 35.1 Å². The maximum absolute atomic E-state index is 12.0. The average molecular weight is 318 g/mol. The van der Waals surface area contributed by atoms with Crippen LogP contribution in [0.2, 0.25) is 0 Å². The fourth-order valence-electron chi connectivity index (χ4n) is 0.675. The lowest BCUT2D eigenvalue weighted by molar-refractivity contribution is -0.126. The molecule has 0 aromatic carbocycles.